The van der Waals surface area contributed by atoms with Gasteiger partial charge in [-0.2, -0.15) is 0 Å². The summed E-state index contributed by atoms with van der Waals surface area (Å²) in [7, 11) is 0. The fraction of sp³-hybridized carbons (Fsp3) is 0.471. The molecule has 7 heteroatoms. The summed E-state index contributed by atoms with van der Waals surface area (Å²) in [5.74, 6) is -1.15. The summed E-state index contributed by atoms with van der Waals surface area (Å²) in [5.41, 5.74) is 11.6. The number of amides is 3. The first kappa shape index (κ1) is 19.6. The standard InChI is InChI=1S/C17H26N4O3/c1-10(2)14(18)15(23)20-9-13(22)21-12-7-5-11(6-8-12)17(3,4)16(19)24/h5-8,10,14H,9,18H2,1-4H3,(H2,19,24)(H,20,23)(H,21,22)/t14-/m0/s1. The molecule has 1 rings (SSSR count). The number of carbonyl (C=O) groups excluding carboxylic acids is 3. The average molecular weight is 334 g/mol. The number of primary amides is 1. The summed E-state index contributed by atoms with van der Waals surface area (Å²) in [6.07, 6.45) is 0. The molecule has 0 aliphatic heterocycles. The maximum atomic E-state index is 11.9. The summed E-state index contributed by atoms with van der Waals surface area (Å²) < 4.78 is 0. The van der Waals surface area contributed by atoms with Gasteiger partial charge in [-0.1, -0.05) is 26.0 Å². The molecule has 0 aromatic heterocycles. The van der Waals surface area contributed by atoms with E-state index < -0.39 is 17.4 Å². The summed E-state index contributed by atoms with van der Waals surface area (Å²) >= 11 is 0. The van der Waals surface area contributed by atoms with Crippen molar-refractivity contribution in [2.45, 2.75) is 39.2 Å². The van der Waals surface area contributed by atoms with E-state index in [4.69, 9.17) is 11.5 Å². The van der Waals surface area contributed by atoms with Crippen LogP contribution in [0, 0.1) is 5.92 Å². The number of anilines is 1. The van der Waals surface area contributed by atoms with Crippen LogP contribution in [0.1, 0.15) is 33.3 Å². The highest BCUT2D eigenvalue weighted by Gasteiger charge is 2.27. The zero-order chi connectivity index (χ0) is 18.5. The van der Waals surface area contributed by atoms with Crippen molar-refractivity contribution in [2.24, 2.45) is 17.4 Å². The molecule has 0 unspecified atom stereocenters. The van der Waals surface area contributed by atoms with Crippen LogP contribution in [0.25, 0.3) is 0 Å². The molecular formula is C17H26N4O3. The van der Waals surface area contributed by atoms with Gasteiger partial charge in [0.1, 0.15) is 0 Å². The van der Waals surface area contributed by atoms with E-state index in [2.05, 4.69) is 10.6 Å². The molecule has 0 aliphatic rings. The monoisotopic (exact) mass is 334 g/mol. The second-order valence-corrected chi connectivity index (χ2v) is 6.60. The zero-order valence-electron chi connectivity index (χ0n) is 14.6. The van der Waals surface area contributed by atoms with Crippen molar-refractivity contribution in [3.8, 4) is 0 Å². The molecule has 132 valence electrons. The van der Waals surface area contributed by atoms with E-state index in [0.717, 1.165) is 5.56 Å². The number of nitrogens with two attached hydrogens (primary N) is 2. The van der Waals surface area contributed by atoms with E-state index >= 15 is 0 Å². The molecule has 7 nitrogen and oxygen atoms in total. The van der Waals surface area contributed by atoms with Gasteiger partial charge in [0.05, 0.1) is 18.0 Å². The van der Waals surface area contributed by atoms with Crippen LogP contribution in [0.5, 0.6) is 0 Å². The molecule has 6 N–H and O–H groups in total. The third-order valence-corrected chi connectivity index (χ3v) is 3.95. The van der Waals surface area contributed by atoms with Crippen molar-refractivity contribution in [2.75, 3.05) is 11.9 Å². The quantitative estimate of drug-likeness (QED) is 0.578. The number of rotatable bonds is 7. The third kappa shape index (κ3) is 5.06. The van der Waals surface area contributed by atoms with Gasteiger partial charge in [-0.05, 0) is 37.5 Å². The normalized spacial score (nSPS) is 12.6. The minimum absolute atomic E-state index is 0.00536. The minimum Gasteiger partial charge on any atom is -0.369 e. The lowest BCUT2D eigenvalue weighted by Crippen LogP contribution is -2.46. The molecule has 1 aromatic rings. The molecule has 1 atom stereocenters. The second-order valence-electron chi connectivity index (χ2n) is 6.60. The first-order chi connectivity index (χ1) is 11.1. The Morgan fingerprint density at radius 1 is 1.12 bits per heavy atom. The molecule has 0 spiro atoms. The summed E-state index contributed by atoms with van der Waals surface area (Å²) in [6, 6.07) is 6.17. The highest BCUT2D eigenvalue weighted by molar-refractivity contribution is 5.95. The van der Waals surface area contributed by atoms with E-state index in [9.17, 15) is 14.4 Å². The minimum atomic E-state index is -0.788. The van der Waals surface area contributed by atoms with E-state index in [0.29, 0.717) is 5.69 Å². The van der Waals surface area contributed by atoms with E-state index in [1.54, 1.807) is 38.1 Å². The number of carbonyl (C=O) groups is 3. The van der Waals surface area contributed by atoms with Crippen LogP contribution in [0.3, 0.4) is 0 Å². The van der Waals surface area contributed by atoms with E-state index in [1.807, 2.05) is 13.8 Å². The van der Waals surface area contributed by atoms with Crippen molar-refractivity contribution in [3.63, 3.8) is 0 Å². The Morgan fingerprint density at radius 2 is 1.67 bits per heavy atom. The fourth-order valence-electron chi connectivity index (χ4n) is 1.91. The van der Waals surface area contributed by atoms with Crippen LogP contribution in [0.15, 0.2) is 24.3 Å². The molecule has 0 saturated heterocycles. The Labute approximate surface area is 142 Å². The highest BCUT2D eigenvalue weighted by Crippen LogP contribution is 2.24. The molecule has 0 bridgehead atoms. The van der Waals surface area contributed by atoms with Crippen molar-refractivity contribution in [3.05, 3.63) is 29.8 Å². The van der Waals surface area contributed by atoms with Crippen LogP contribution in [0.2, 0.25) is 0 Å². The smallest absolute Gasteiger partial charge is 0.243 e. The van der Waals surface area contributed by atoms with Crippen LogP contribution in [-0.2, 0) is 19.8 Å². The highest BCUT2D eigenvalue weighted by atomic mass is 16.2. The van der Waals surface area contributed by atoms with Crippen LogP contribution in [-0.4, -0.2) is 30.3 Å². The molecular weight excluding hydrogens is 308 g/mol. The predicted octanol–water partition coefficient (Wildman–Crippen LogP) is 0.488. The van der Waals surface area contributed by atoms with Crippen LogP contribution in [0.4, 0.5) is 5.69 Å². The Kier molecular flexibility index (Phi) is 6.48. The maximum absolute atomic E-state index is 11.9. The van der Waals surface area contributed by atoms with Crippen molar-refractivity contribution in [1.82, 2.24) is 5.32 Å². The number of nitrogens with one attached hydrogen (secondary N) is 2. The van der Waals surface area contributed by atoms with Gasteiger partial charge in [-0.15, -0.1) is 0 Å². The van der Waals surface area contributed by atoms with Crippen molar-refractivity contribution in [1.29, 1.82) is 0 Å². The van der Waals surface area contributed by atoms with Gasteiger partial charge in [-0.3, -0.25) is 14.4 Å². The lowest BCUT2D eigenvalue weighted by molar-refractivity contribution is -0.125. The van der Waals surface area contributed by atoms with Crippen LogP contribution < -0.4 is 22.1 Å². The lowest BCUT2D eigenvalue weighted by Gasteiger charge is -2.21. The number of hydrogen-bond acceptors (Lipinski definition) is 4. The summed E-state index contributed by atoms with van der Waals surface area (Å²) in [5, 5.41) is 5.16. The summed E-state index contributed by atoms with van der Waals surface area (Å²) in [6.45, 7) is 6.97. The molecule has 24 heavy (non-hydrogen) atoms. The first-order valence-electron chi connectivity index (χ1n) is 7.79. The molecule has 0 aliphatic carbocycles. The molecule has 0 fully saturated rings. The number of hydrogen-bond donors (Lipinski definition) is 4. The van der Waals surface area contributed by atoms with E-state index in [-0.39, 0.29) is 24.3 Å². The van der Waals surface area contributed by atoms with Gasteiger partial charge in [0.25, 0.3) is 0 Å². The number of benzene rings is 1. The zero-order valence-corrected chi connectivity index (χ0v) is 14.6. The molecule has 1 aromatic carbocycles. The second kappa shape index (κ2) is 7.92. The molecule has 0 saturated carbocycles. The molecule has 0 heterocycles. The SMILES string of the molecule is CC(C)[C@H](N)C(=O)NCC(=O)Nc1ccc(C(C)(C)C(N)=O)cc1. The Balaban J connectivity index is 2.60. The van der Waals surface area contributed by atoms with E-state index in [1.165, 1.54) is 0 Å². The lowest BCUT2D eigenvalue weighted by atomic mass is 9.84. The summed E-state index contributed by atoms with van der Waals surface area (Å²) in [4.78, 5) is 35.0. The van der Waals surface area contributed by atoms with Crippen molar-refractivity contribution >= 4 is 23.4 Å². The largest absolute Gasteiger partial charge is 0.369 e. The van der Waals surface area contributed by atoms with Crippen LogP contribution >= 0.6 is 0 Å². The fourth-order valence-corrected chi connectivity index (χ4v) is 1.91. The van der Waals surface area contributed by atoms with Gasteiger partial charge in [0, 0.05) is 5.69 Å². The predicted molar refractivity (Wildman–Crippen MR) is 93.1 cm³/mol. The Morgan fingerprint density at radius 3 is 2.12 bits per heavy atom. The molecule has 0 radical (unpaired) electrons. The average Bonchev–Trinajstić information content (AvgIpc) is 2.52. The molecule has 3 amide bonds. The Bertz CT molecular complexity index is 609. The van der Waals surface area contributed by atoms with Gasteiger partial charge < -0.3 is 22.1 Å². The Hall–Kier alpha value is -2.41. The maximum Gasteiger partial charge on any atom is 0.243 e. The van der Waals surface area contributed by atoms with Crippen molar-refractivity contribution < 1.29 is 14.4 Å². The first-order valence-corrected chi connectivity index (χ1v) is 7.79. The van der Waals surface area contributed by atoms with Gasteiger partial charge in [0.2, 0.25) is 17.7 Å². The third-order valence-electron chi connectivity index (χ3n) is 3.95. The van der Waals surface area contributed by atoms with Gasteiger partial charge in [0.15, 0.2) is 0 Å². The topological polar surface area (TPSA) is 127 Å². The van der Waals surface area contributed by atoms with Gasteiger partial charge >= 0.3 is 0 Å². The van der Waals surface area contributed by atoms with Gasteiger partial charge in [-0.25, -0.2) is 0 Å².